The molecule has 0 saturated heterocycles. The van der Waals surface area contributed by atoms with Crippen LogP contribution in [0.2, 0.25) is 0 Å². The Kier molecular flexibility index (Phi) is 4.15. The fourth-order valence-electron chi connectivity index (χ4n) is 2.17. The van der Waals surface area contributed by atoms with Gasteiger partial charge in [-0.2, -0.15) is 5.10 Å². The predicted molar refractivity (Wildman–Crippen MR) is 74.3 cm³/mol. The van der Waals surface area contributed by atoms with Gasteiger partial charge in [0.15, 0.2) is 0 Å². The van der Waals surface area contributed by atoms with Gasteiger partial charge in [-0.15, -0.1) is 0 Å². The van der Waals surface area contributed by atoms with Gasteiger partial charge in [-0.25, -0.2) is 0 Å². The topological polar surface area (TPSA) is 29.9 Å². The lowest BCUT2D eigenvalue weighted by molar-refractivity contribution is 0.509. The quantitative estimate of drug-likeness (QED) is 0.874. The molecule has 3 nitrogen and oxygen atoms in total. The van der Waals surface area contributed by atoms with E-state index in [0.717, 1.165) is 13.1 Å². The Morgan fingerprint density at radius 2 is 2.17 bits per heavy atom. The van der Waals surface area contributed by atoms with Crippen LogP contribution in [-0.2, 0) is 13.1 Å². The van der Waals surface area contributed by atoms with E-state index in [1.807, 2.05) is 10.9 Å². The number of hydrogen-bond acceptors (Lipinski definition) is 2. The second-order valence-electron chi connectivity index (χ2n) is 4.66. The summed E-state index contributed by atoms with van der Waals surface area (Å²) in [6.45, 7) is 8.22. The van der Waals surface area contributed by atoms with E-state index in [0.29, 0.717) is 6.04 Å². The summed E-state index contributed by atoms with van der Waals surface area (Å²) in [6, 6.07) is 11.0. The number of rotatable bonds is 5. The van der Waals surface area contributed by atoms with Crippen molar-refractivity contribution in [3.8, 4) is 0 Å². The Balaban J connectivity index is 1.98. The lowest BCUT2D eigenvalue weighted by Crippen LogP contribution is -2.21. The van der Waals surface area contributed by atoms with E-state index < -0.39 is 0 Å². The molecule has 0 bridgehead atoms. The summed E-state index contributed by atoms with van der Waals surface area (Å²) in [7, 11) is 0. The van der Waals surface area contributed by atoms with Gasteiger partial charge in [-0.3, -0.25) is 4.68 Å². The van der Waals surface area contributed by atoms with Gasteiger partial charge < -0.3 is 5.32 Å². The normalized spacial score (nSPS) is 12.6. The van der Waals surface area contributed by atoms with Crippen molar-refractivity contribution in [3.05, 3.63) is 53.3 Å². The first-order chi connectivity index (χ1) is 8.70. The third-order valence-electron chi connectivity index (χ3n) is 3.19. The fourth-order valence-corrected chi connectivity index (χ4v) is 2.17. The second-order valence-corrected chi connectivity index (χ2v) is 4.66. The first-order valence-corrected chi connectivity index (χ1v) is 6.51. The summed E-state index contributed by atoms with van der Waals surface area (Å²) >= 11 is 0. The van der Waals surface area contributed by atoms with Gasteiger partial charge in [0.2, 0.25) is 0 Å². The summed E-state index contributed by atoms with van der Waals surface area (Å²) in [5.74, 6) is 0. The maximum atomic E-state index is 4.30. The van der Waals surface area contributed by atoms with Crippen molar-refractivity contribution in [1.29, 1.82) is 0 Å². The standard InChI is InChI=1S/C15H21N3/c1-4-18-15(8-9-17-18)13(3)16-11-14-7-5-6-12(2)10-14/h5-10,13,16H,4,11H2,1-3H3. The van der Waals surface area contributed by atoms with Crippen molar-refractivity contribution in [1.82, 2.24) is 15.1 Å². The molecular formula is C15H21N3. The number of aromatic nitrogens is 2. The van der Waals surface area contributed by atoms with Gasteiger partial charge in [0, 0.05) is 25.3 Å². The second kappa shape index (κ2) is 5.83. The molecule has 1 heterocycles. The summed E-state index contributed by atoms with van der Waals surface area (Å²) in [5.41, 5.74) is 3.87. The Hall–Kier alpha value is -1.61. The van der Waals surface area contributed by atoms with Crippen molar-refractivity contribution < 1.29 is 0 Å². The molecule has 0 amide bonds. The molecule has 1 aromatic carbocycles. The van der Waals surface area contributed by atoms with Crippen LogP contribution in [-0.4, -0.2) is 9.78 Å². The van der Waals surface area contributed by atoms with Gasteiger partial charge >= 0.3 is 0 Å². The van der Waals surface area contributed by atoms with Crippen LogP contribution in [0.1, 0.15) is 36.7 Å². The molecule has 2 rings (SSSR count). The monoisotopic (exact) mass is 243 g/mol. The van der Waals surface area contributed by atoms with Gasteiger partial charge in [-0.1, -0.05) is 29.8 Å². The average Bonchev–Trinajstić information content (AvgIpc) is 2.84. The first kappa shape index (κ1) is 12.8. The SMILES string of the molecule is CCn1nccc1C(C)NCc1cccc(C)c1. The predicted octanol–water partition coefficient (Wildman–Crippen LogP) is 3.06. The lowest BCUT2D eigenvalue weighted by atomic mass is 10.1. The molecular weight excluding hydrogens is 222 g/mol. The molecule has 0 fully saturated rings. The molecule has 0 aliphatic heterocycles. The van der Waals surface area contributed by atoms with E-state index in [1.165, 1.54) is 16.8 Å². The number of nitrogens with zero attached hydrogens (tertiary/aromatic N) is 2. The van der Waals surface area contributed by atoms with Gasteiger partial charge in [0.25, 0.3) is 0 Å². The smallest absolute Gasteiger partial charge is 0.0550 e. The Bertz CT molecular complexity index is 502. The van der Waals surface area contributed by atoms with E-state index in [1.54, 1.807) is 0 Å². The largest absolute Gasteiger partial charge is 0.305 e. The molecule has 1 unspecified atom stereocenters. The summed E-state index contributed by atoms with van der Waals surface area (Å²) in [5, 5.41) is 7.84. The van der Waals surface area contributed by atoms with Crippen LogP contribution in [0.15, 0.2) is 36.5 Å². The number of benzene rings is 1. The van der Waals surface area contributed by atoms with Crippen LogP contribution in [0.3, 0.4) is 0 Å². The molecule has 18 heavy (non-hydrogen) atoms. The van der Waals surface area contributed by atoms with E-state index in [2.05, 4.69) is 61.5 Å². The third-order valence-corrected chi connectivity index (χ3v) is 3.19. The van der Waals surface area contributed by atoms with Crippen LogP contribution in [0.25, 0.3) is 0 Å². The summed E-state index contributed by atoms with van der Waals surface area (Å²) in [6.07, 6.45) is 1.86. The van der Waals surface area contributed by atoms with Crippen molar-refractivity contribution in [2.24, 2.45) is 0 Å². The van der Waals surface area contributed by atoms with Gasteiger partial charge in [0.05, 0.1) is 5.69 Å². The van der Waals surface area contributed by atoms with Crippen LogP contribution in [0.4, 0.5) is 0 Å². The maximum Gasteiger partial charge on any atom is 0.0550 e. The Morgan fingerprint density at radius 1 is 1.33 bits per heavy atom. The number of aryl methyl sites for hydroxylation is 2. The zero-order chi connectivity index (χ0) is 13.0. The fraction of sp³-hybridized carbons (Fsp3) is 0.400. The minimum absolute atomic E-state index is 0.313. The molecule has 0 saturated carbocycles. The van der Waals surface area contributed by atoms with Crippen LogP contribution >= 0.6 is 0 Å². The van der Waals surface area contributed by atoms with Gasteiger partial charge in [-0.05, 0) is 32.4 Å². The highest BCUT2D eigenvalue weighted by molar-refractivity contribution is 5.22. The van der Waals surface area contributed by atoms with E-state index >= 15 is 0 Å². The van der Waals surface area contributed by atoms with Crippen LogP contribution < -0.4 is 5.32 Å². The molecule has 0 radical (unpaired) electrons. The number of nitrogens with one attached hydrogen (secondary N) is 1. The average molecular weight is 243 g/mol. The molecule has 0 spiro atoms. The lowest BCUT2D eigenvalue weighted by Gasteiger charge is -2.15. The van der Waals surface area contributed by atoms with Crippen molar-refractivity contribution >= 4 is 0 Å². The van der Waals surface area contributed by atoms with Crippen molar-refractivity contribution in [2.75, 3.05) is 0 Å². The Labute approximate surface area is 109 Å². The zero-order valence-electron chi connectivity index (χ0n) is 11.4. The molecule has 3 heteroatoms. The highest BCUT2D eigenvalue weighted by atomic mass is 15.3. The molecule has 2 aromatic rings. The summed E-state index contributed by atoms with van der Waals surface area (Å²) in [4.78, 5) is 0. The zero-order valence-corrected chi connectivity index (χ0v) is 11.4. The molecule has 1 atom stereocenters. The van der Waals surface area contributed by atoms with Crippen LogP contribution in [0, 0.1) is 6.92 Å². The minimum Gasteiger partial charge on any atom is -0.305 e. The van der Waals surface area contributed by atoms with Crippen molar-refractivity contribution in [3.63, 3.8) is 0 Å². The molecule has 0 aliphatic rings. The molecule has 1 aromatic heterocycles. The van der Waals surface area contributed by atoms with Gasteiger partial charge in [0.1, 0.15) is 0 Å². The maximum absolute atomic E-state index is 4.30. The van der Waals surface area contributed by atoms with E-state index in [9.17, 15) is 0 Å². The molecule has 96 valence electrons. The van der Waals surface area contributed by atoms with E-state index in [4.69, 9.17) is 0 Å². The highest BCUT2D eigenvalue weighted by Crippen LogP contribution is 2.13. The Morgan fingerprint density at radius 3 is 2.89 bits per heavy atom. The van der Waals surface area contributed by atoms with Crippen molar-refractivity contribution in [2.45, 2.75) is 39.9 Å². The molecule has 0 aliphatic carbocycles. The minimum atomic E-state index is 0.313. The first-order valence-electron chi connectivity index (χ1n) is 6.51. The molecule has 1 N–H and O–H groups in total. The number of hydrogen-bond donors (Lipinski definition) is 1. The highest BCUT2D eigenvalue weighted by Gasteiger charge is 2.09. The van der Waals surface area contributed by atoms with E-state index in [-0.39, 0.29) is 0 Å². The third kappa shape index (κ3) is 2.99. The summed E-state index contributed by atoms with van der Waals surface area (Å²) < 4.78 is 2.04. The van der Waals surface area contributed by atoms with Crippen LogP contribution in [0.5, 0.6) is 0 Å².